The van der Waals surface area contributed by atoms with Crippen molar-refractivity contribution in [2.24, 2.45) is 5.73 Å². The molecule has 1 rings (SSSR count). The number of nitrogens with two attached hydrogens (primary N) is 1. The van der Waals surface area contributed by atoms with E-state index in [0.717, 1.165) is 0 Å². The normalized spacial score (nSPS) is 14.2. The van der Waals surface area contributed by atoms with E-state index in [1.165, 1.54) is 25.1 Å². The van der Waals surface area contributed by atoms with Gasteiger partial charge in [-0.05, 0) is 35.0 Å². The molecule has 6 nitrogen and oxygen atoms in total. The van der Waals surface area contributed by atoms with Gasteiger partial charge < -0.3 is 10.8 Å². The molecule has 0 aliphatic rings. The first-order valence-electron chi connectivity index (χ1n) is 4.24. The second kappa shape index (κ2) is 4.18. The number of halogens is 1. The molecule has 3 N–H and O–H groups in total. The molecule has 1 aromatic rings. The van der Waals surface area contributed by atoms with Gasteiger partial charge in [0.1, 0.15) is 5.54 Å². The van der Waals surface area contributed by atoms with Gasteiger partial charge in [0.2, 0.25) is 0 Å². The zero-order valence-electron chi connectivity index (χ0n) is 8.31. The van der Waals surface area contributed by atoms with Gasteiger partial charge in [0.05, 0.1) is 15.0 Å². The lowest BCUT2D eigenvalue weighted by molar-refractivity contribution is -0.386. The van der Waals surface area contributed by atoms with Crippen molar-refractivity contribution in [2.45, 2.75) is 12.5 Å². The molecule has 0 aliphatic heterocycles. The Morgan fingerprint density at radius 1 is 1.62 bits per heavy atom. The summed E-state index contributed by atoms with van der Waals surface area (Å²) in [6.45, 7) is 1.21. The predicted molar refractivity (Wildman–Crippen MR) is 60.0 cm³/mol. The molecule has 0 amide bonds. The van der Waals surface area contributed by atoms with Crippen LogP contribution in [0.25, 0.3) is 0 Å². The van der Waals surface area contributed by atoms with Crippen molar-refractivity contribution >= 4 is 27.6 Å². The van der Waals surface area contributed by atoms with Crippen LogP contribution < -0.4 is 5.73 Å². The number of carboxylic acid groups (broad SMARTS) is 1. The third kappa shape index (κ3) is 2.05. The maximum atomic E-state index is 10.9. The van der Waals surface area contributed by atoms with Gasteiger partial charge in [-0.15, -0.1) is 0 Å². The Balaban J connectivity index is 3.51. The van der Waals surface area contributed by atoms with Gasteiger partial charge in [-0.25, -0.2) is 4.79 Å². The van der Waals surface area contributed by atoms with Gasteiger partial charge in [-0.2, -0.15) is 0 Å². The summed E-state index contributed by atoms with van der Waals surface area (Å²) in [7, 11) is 0. The lowest BCUT2D eigenvalue weighted by Crippen LogP contribution is -2.42. The molecule has 7 heteroatoms. The standard InChI is InChI=1S/C9H9BrN2O4/c1-9(11,8(13)14)5-3-2-4-6(10)7(5)12(15)16/h2-4H,11H2,1H3,(H,13,14). The van der Waals surface area contributed by atoms with E-state index in [0.29, 0.717) is 0 Å². The van der Waals surface area contributed by atoms with E-state index in [2.05, 4.69) is 15.9 Å². The third-order valence-corrected chi connectivity index (χ3v) is 2.81. The van der Waals surface area contributed by atoms with Crippen LogP contribution in [0, 0.1) is 10.1 Å². The van der Waals surface area contributed by atoms with Crippen LogP contribution in [0.4, 0.5) is 5.69 Å². The summed E-state index contributed by atoms with van der Waals surface area (Å²) in [6, 6.07) is 4.29. The number of aliphatic carboxylic acids is 1. The van der Waals surface area contributed by atoms with Crippen LogP contribution in [0.3, 0.4) is 0 Å². The van der Waals surface area contributed by atoms with Crippen LogP contribution in [0.1, 0.15) is 12.5 Å². The Kier molecular flexibility index (Phi) is 3.30. The summed E-state index contributed by atoms with van der Waals surface area (Å²) in [4.78, 5) is 21.1. The average Bonchev–Trinajstić information content (AvgIpc) is 2.16. The van der Waals surface area contributed by atoms with Crippen molar-refractivity contribution in [1.82, 2.24) is 0 Å². The zero-order chi connectivity index (χ0) is 12.5. The molecule has 86 valence electrons. The average molecular weight is 289 g/mol. The smallest absolute Gasteiger partial charge is 0.328 e. The number of hydrogen-bond acceptors (Lipinski definition) is 4. The third-order valence-electron chi connectivity index (χ3n) is 2.17. The zero-order valence-corrected chi connectivity index (χ0v) is 9.89. The van der Waals surface area contributed by atoms with Gasteiger partial charge in [0, 0.05) is 0 Å². The first-order chi connectivity index (χ1) is 7.28. The van der Waals surface area contributed by atoms with Gasteiger partial charge in [-0.1, -0.05) is 6.07 Å². The quantitative estimate of drug-likeness (QED) is 0.649. The minimum atomic E-state index is -1.80. The summed E-state index contributed by atoms with van der Waals surface area (Å²) in [5.41, 5.74) is 3.40. The molecule has 0 saturated heterocycles. The SMILES string of the molecule is CC(N)(C(=O)O)c1cccc(Br)c1[N+](=O)[O-]. The lowest BCUT2D eigenvalue weighted by atomic mass is 9.92. The first kappa shape index (κ1) is 12.6. The molecule has 0 aromatic heterocycles. The molecule has 1 unspecified atom stereocenters. The van der Waals surface area contributed by atoms with Crippen molar-refractivity contribution in [2.75, 3.05) is 0 Å². The summed E-state index contributed by atoms with van der Waals surface area (Å²) in [6.07, 6.45) is 0. The van der Waals surface area contributed by atoms with Crippen LogP contribution in [0.15, 0.2) is 22.7 Å². The van der Waals surface area contributed by atoms with Crippen LogP contribution in [0.5, 0.6) is 0 Å². The minimum absolute atomic E-state index is 0.0422. The molecule has 0 aliphatic carbocycles. The summed E-state index contributed by atoms with van der Waals surface area (Å²) in [5.74, 6) is -1.33. The fraction of sp³-hybridized carbons (Fsp3) is 0.222. The second-order valence-electron chi connectivity index (χ2n) is 3.40. The first-order valence-corrected chi connectivity index (χ1v) is 5.03. The van der Waals surface area contributed by atoms with Crippen LogP contribution in [-0.2, 0) is 10.3 Å². The number of nitrogens with zero attached hydrogens (tertiary/aromatic N) is 1. The molecule has 0 spiro atoms. The fourth-order valence-electron chi connectivity index (χ4n) is 1.24. The maximum absolute atomic E-state index is 10.9. The Bertz CT molecular complexity index is 459. The number of nitro groups is 1. The van der Waals surface area contributed by atoms with Gasteiger partial charge in [0.25, 0.3) is 5.69 Å². The number of carboxylic acids is 1. The predicted octanol–water partition coefficient (Wildman–Crippen LogP) is 1.62. The highest BCUT2D eigenvalue weighted by molar-refractivity contribution is 9.10. The van der Waals surface area contributed by atoms with Crippen molar-refractivity contribution in [1.29, 1.82) is 0 Å². The highest BCUT2D eigenvalue weighted by atomic mass is 79.9. The molecule has 1 aromatic carbocycles. The fourth-order valence-corrected chi connectivity index (χ4v) is 1.75. The Hall–Kier alpha value is -1.47. The molecule has 1 atom stereocenters. The van der Waals surface area contributed by atoms with Crippen molar-refractivity contribution in [3.63, 3.8) is 0 Å². The number of nitro benzene ring substituents is 1. The van der Waals surface area contributed by atoms with E-state index >= 15 is 0 Å². The summed E-state index contributed by atoms with van der Waals surface area (Å²) < 4.78 is 0.202. The van der Waals surface area contributed by atoms with E-state index in [-0.39, 0.29) is 15.7 Å². The number of rotatable bonds is 3. The van der Waals surface area contributed by atoms with Crippen molar-refractivity contribution in [3.05, 3.63) is 38.3 Å². The van der Waals surface area contributed by atoms with Gasteiger partial charge in [-0.3, -0.25) is 10.1 Å². The molecule has 0 saturated carbocycles. The van der Waals surface area contributed by atoms with Crippen molar-refractivity contribution < 1.29 is 14.8 Å². The van der Waals surface area contributed by atoms with Crippen LogP contribution in [0.2, 0.25) is 0 Å². The van der Waals surface area contributed by atoms with E-state index < -0.39 is 16.4 Å². The Morgan fingerprint density at radius 2 is 2.19 bits per heavy atom. The number of carbonyl (C=O) groups is 1. The number of para-hydroxylation sites is 1. The van der Waals surface area contributed by atoms with E-state index in [4.69, 9.17) is 10.8 Å². The topological polar surface area (TPSA) is 106 Å². The lowest BCUT2D eigenvalue weighted by Gasteiger charge is -2.19. The Labute approximate surface area is 99.3 Å². The summed E-state index contributed by atoms with van der Waals surface area (Å²) in [5, 5.41) is 19.8. The van der Waals surface area contributed by atoms with E-state index in [1.54, 1.807) is 0 Å². The molecule has 0 bridgehead atoms. The van der Waals surface area contributed by atoms with Crippen molar-refractivity contribution in [3.8, 4) is 0 Å². The number of benzene rings is 1. The molecular weight excluding hydrogens is 280 g/mol. The largest absolute Gasteiger partial charge is 0.480 e. The highest BCUT2D eigenvalue weighted by Crippen LogP contribution is 2.34. The molecule has 0 heterocycles. The van der Waals surface area contributed by atoms with E-state index in [9.17, 15) is 14.9 Å². The maximum Gasteiger partial charge on any atom is 0.328 e. The molecule has 16 heavy (non-hydrogen) atoms. The summed E-state index contributed by atoms with van der Waals surface area (Å²) >= 11 is 3.00. The molecule has 0 fully saturated rings. The minimum Gasteiger partial charge on any atom is -0.480 e. The highest BCUT2D eigenvalue weighted by Gasteiger charge is 2.37. The Morgan fingerprint density at radius 3 is 2.62 bits per heavy atom. The monoisotopic (exact) mass is 288 g/mol. The van der Waals surface area contributed by atoms with Gasteiger partial charge >= 0.3 is 5.97 Å². The van der Waals surface area contributed by atoms with E-state index in [1.807, 2.05) is 0 Å². The second-order valence-corrected chi connectivity index (χ2v) is 4.25. The molecular formula is C9H9BrN2O4. The van der Waals surface area contributed by atoms with Gasteiger partial charge in [0.15, 0.2) is 0 Å². The van der Waals surface area contributed by atoms with Crippen LogP contribution >= 0.6 is 15.9 Å². The molecule has 0 radical (unpaired) electrons. The number of hydrogen-bond donors (Lipinski definition) is 2. The van der Waals surface area contributed by atoms with Crippen LogP contribution in [-0.4, -0.2) is 16.0 Å².